The molecule has 3 aromatic rings. The smallest absolute Gasteiger partial charge is 0.0477 e. The molecular formula is C20H21N3. The van der Waals surface area contributed by atoms with Crippen molar-refractivity contribution in [3.05, 3.63) is 78.1 Å². The lowest BCUT2D eigenvalue weighted by atomic mass is 10.0. The molecule has 1 aliphatic rings. The van der Waals surface area contributed by atoms with Gasteiger partial charge in [0.05, 0.1) is 0 Å². The van der Waals surface area contributed by atoms with Gasteiger partial charge in [0, 0.05) is 44.6 Å². The van der Waals surface area contributed by atoms with E-state index in [-0.39, 0.29) is 0 Å². The van der Waals surface area contributed by atoms with Crippen LogP contribution >= 0.6 is 0 Å². The standard InChI is InChI=1S/C20H21N3/c1-2-4-19-13-16(5-6-17(19)3-1)15-23-12-11-22-14-20(23)18-7-9-21-10-8-18/h1-10,13,20,22H,11-12,14-15H2. The van der Waals surface area contributed by atoms with E-state index in [0.29, 0.717) is 6.04 Å². The molecule has 1 unspecified atom stereocenters. The first-order valence-electron chi connectivity index (χ1n) is 8.22. The first kappa shape index (κ1) is 14.4. The molecular weight excluding hydrogens is 282 g/mol. The summed E-state index contributed by atoms with van der Waals surface area (Å²) in [5, 5.41) is 6.14. The molecule has 116 valence electrons. The molecule has 1 aromatic heterocycles. The second kappa shape index (κ2) is 6.49. The summed E-state index contributed by atoms with van der Waals surface area (Å²) in [6.07, 6.45) is 3.77. The first-order valence-corrected chi connectivity index (χ1v) is 8.22. The minimum atomic E-state index is 0.415. The van der Waals surface area contributed by atoms with Crippen molar-refractivity contribution in [2.24, 2.45) is 0 Å². The van der Waals surface area contributed by atoms with Gasteiger partial charge in [-0.25, -0.2) is 0 Å². The molecule has 0 radical (unpaired) electrons. The number of benzene rings is 2. The van der Waals surface area contributed by atoms with Crippen molar-refractivity contribution in [1.82, 2.24) is 15.2 Å². The van der Waals surface area contributed by atoms with Crippen molar-refractivity contribution < 1.29 is 0 Å². The van der Waals surface area contributed by atoms with Gasteiger partial charge in [0.25, 0.3) is 0 Å². The van der Waals surface area contributed by atoms with Crippen LogP contribution < -0.4 is 5.32 Å². The normalized spacial score (nSPS) is 19.0. The van der Waals surface area contributed by atoms with Gasteiger partial charge in [-0.2, -0.15) is 0 Å². The van der Waals surface area contributed by atoms with Crippen LogP contribution in [-0.4, -0.2) is 29.5 Å². The molecule has 3 heteroatoms. The van der Waals surface area contributed by atoms with E-state index in [1.54, 1.807) is 0 Å². The Hall–Kier alpha value is -2.23. The van der Waals surface area contributed by atoms with Gasteiger partial charge in [0.2, 0.25) is 0 Å². The lowest BCUT2D eigenvalue weighted by molar-refractivity contribution is 0.154. The zero-order valence-electron chi connectivity index (χ0n) is 13.2. The Balaban J connectivity index is 1.59. The third-order valence-electron chi connectivity index (χ3n) is 4.64. The highest BCUT2D eigenvalue weighted by Gasteiger charge is 2.23. The molecule has 1 fully saturated rings. The first-order chi connectivity index (χ1) is 11.4. The van der Waals surface area contributed by atoms with Crippen molar-refractivity contribution in [2.45, 2.75) is 12.6 Å². The third kappa shape index (κ3) is 3.11. The van der Waals surface area contributed by atoms with Crippen LogP contribution in [0.5, 0.6) is 0 Å². The molecule has 23 heavy (non-hydrogen) atoms. The summed E-state index contributed by atoms with van der Waals surface area (Å²) in [7, 11) is 0. The summed E-state index contributed by atoms with van der Waals surface area (Å²) in [5.41, 5.74) is 2.72. The van der Waals surface area contributed by atoms with Gasteiger partial charge in [0.1, 0.15) is 0 Å². The molecule has 0 aliphatic carbocycles. The second-order valence-electron chi connectivity index (χ2n) is 6.15. The van der Waals surface area contributed by atoms with Crippen molar-refractivity contribution in [3.63, 3.8) is 0 Å². The summed E-state index contributed by atoms with van der Waals surface area (Å²) in [6, 6.07) is 20.0. The number of nitrogens with zero attached hydrogens (tertiary/aromatic N) is 2. The molecule has 0 amide bonds. The van der Waals surface area contributed by atoms with Crippen LogP contribution in [0.2, 0.25) is 0 Å². The van der Waals surface area contributed by atoms with Gasteiger partial charge in [-0.05, 0) is 40.1 Å². The molecule has 3 nitrogen and oxygen atoms in total. The largest absolute Gasteiger partial charge is 0.314 e. The molecule has 1 aliphatic heterocycles. The van der Waals surface area contributed by atoms with Crippen LogP contribution in [0.15, 0.2) is 67.0 Å². The van der Waals surface area contributed by atoms with Gasteiger partial charge < -0.3 is 5.32 Å². The van der Waals surface area contributed by atoms with Crippen molar-refractivity contribution in [3.8, 4) is 0 Å². The van der Waals surface area contributed by atoms with Crippen LogP contribution in [-0.2, 0) is 6.54 Å². The molecule has 4 rings (SSSR count). The number of piperazine rings is 1. The Labute approximate surface area is 137 Å². The fraction of sp³-hybridized carbons (Fsp3) is 0.250. The number of fused-ring (bicyclic) bond motifs is 1. The number of rotatable bonds is 3. The molecule has 1 N–H and O–H groups in total. The summed E-state index contributed by atoms with van der Waals surface area (Å²) in [5.74, 6) is 0. The molecule has 2 aromatic carbocycles. The van der Waals surface area contributed by atoms with Gasteiger partial charge in [-0.3, -0.25) is 9.88 Å². The van der Waals surface area contributed by atoms with Crippen LogP contribution in [0, 0.1) is 0 Å². The van der Waals surface area contributed by atoms with Crippen molar-refractivity contribution >= 4 is 10.8 Å². The average molecular weight is 303 g/mol. The molecule has 0 saturated carbocycles. The number of pyridine rings is 1. The SMILES string of the molecule is c1ccc2cc(CN3CCNCC3c3ccncc3)ccc2c1. The minimum Gasteiger partial charge on any atom is -0.314 e. The van der Waals surface area contributed by atoms with Gasteiger partial charge in [-0.1, -0.05) is 36.4 Å². The Morgan fingerprint density at radius 2 is 1.83 bits per heavy atom. The summed E-state index contributed by atoms with van der Waals surface area (Å²) < 4.78 is 0. The molecule has 1 saturated heterocycles. The van der Waals surface area contributed by atoms with E-state index in [2.05, 4.69) is 69.8 Å². The van der Waals surface area contributed by atoms with Gasteiger partial charge >= 0.3 is 0 Å². The fourth-order valence-electron chi connectivity index (χ4n) is 3.42. The highest BCUT2D eigenvalue weighted by Crippen LogP contribution is 2.25. The quantitative estimate of drug-likeness (QED) is 0.804. The zero-order chi connectivity index (χ0) is 15.5. The minimum absolute atomic E-state index is 0.415. The Morgan fingerprint density at radius 3 is 2.70 bits per heavy atom. The maximum Gasteiger partial charge on any atom is 0.0477 e. The number of hydrogen-bond acceptors (Lipinski definition) is 3. The molecule has 0 bridgehead atoms. The van der Waals surface area contributed by atoms with E-state index >= 15 is 0 Å². The van der Waals surface area contributed by atoms with Crippen LogP contribution in [0.1, 0.15) is 17.2 Å². The van der Waals surface area contributed by atoms with Gasteiger partial charge in [0.15, 0.2) is 0 Å². The van der Waals surface area contributed by atoms with E-state index in [1.165, 1.54) is 21.9 Å². The summed E-state index contributed by atoms with van der Waals surface area (Å²) >= 11 is 0. The molecule has 0 spiro atoms. The van der Waals surface area contributed by atoms with Crippen molar-refractivity contribution in [1.29, 1.82) is 0 Å². The third-order valence-corrected chi connectivity index (χ3v) is 4.64. The monoisotopic (exact) mass is 303 g/mol. The van der Waals surface area contributed by atoms with Gasteiger partial charge in [-0.15, -0.1) is 0 Å². The van der Waals surface area contributed by atoms with E-state index in [9.17, 15) is 0 Å². The van der Waals surface area contributed by atoms with Crippen molar-refractivity contribution in [2.75, 3.05) is 19.6 Å². The summed E-state index contributed by atoms with van der Waals surface area (Å²) in [6.45, 7) is 4.10. The zero-order valence-corrected chi connectivity index (χ0v) is 13.2. The Bertz CT molecular complexity index is 785. The van der Waals surface area contributed by atoms with E-state index < -0.39 is 0 Å². The topological polar surface area (TPSA) is 28.2 Å². The number of aromatic nitrogens is 1. The Morgan fingerprint density at radius 1 is 1.00 bits per heavy atom. The number of hydrogen-bond donors (Lipinski definition) is 1. The van der Waals surface area contributed by atoms with E-state index in [0.717, 1.165) is 26.2 Å². The predicted octanol–water partition coefficient (Wildman–Crippen LogP) is 3.38. The maximum absolute atomic E-state index is 4.14. The van der Waals surface area contributed by atoms with E-state index in [1.807, 2.05) is 12.4 Å². The lowest BCUT2D eigenvalue weighted by Crippen LogP contribution is -2.45. The summed E-state index contributed by atoms with van der Waals surface area (Å²) in [4.78, 5) is 6.71. The average Bonchev–Trinajstić information content (AvgIpc) is 2.63. The molecule has 2 heterocycles. The maximum atomic E-state index is 4.14. The predicted molar refractivity (Wildman–Crippen MR) is 94.2 cm³/mol. The van der Waals surface area contributed by atoms with Crippen LogP contribution in [0.4, 0.5) is 0 Å². The fourth-order valence-corrected chi connectivity index (χ4v) is 3.42. The van der Waals surface area contributed by atoms with Crippen LogP contribution in [0.3, 0.4) is 0 Å². The highest BCUT2D eigenvalue weighted by molar-refractivity contribution is 5.82. The number of nitrogens with one attached hydrogen (secondary N) is 1. The second-order valence-corrected chi connectivity index (χ2v) is 6.15. The Kier molecular flexibility index (Phi) is 4.05. The lowest BCUT2D eigenvalue weighted by Gasteiger charge is -2.36. The molecule has 1 atom stereocenters. The highest BCUT2D eigenvalue weighted by atomic mass is 15.2. The van der Waals surface area contributed by atoms with E-state index in [4.69, 9.17) is 0 Å². The van der Waals surface area contributed by atoms with Crippen LogP contribution in [0.25, 0.3) is 10.8 Å².